The quantitative estimate of drug-likeness (QED) is 0.671. The van der Waals surface area contributed by atoms with E-state index in [9.17, 15) is 18.0 Å². The van der Waals surface area contributed by atoms with Crippen molar-refractivity contribution in [3.8, 4) is 0 Å². The second-order valence-corrected chi connectivity index (χ2v) is 9.68. The number of halogens is 1. The van der Waals surface area contributed by atoms with Crippen LogP contribution in [0.5, 0.6) is 0 Å². The third-order valence-electron chi connectivity index (χ3n) is 4.54. The second-order valence-electron chi connectivity index (χ2n) is 6.70. The molecule has 0 bridgehead atoms. The molecule has 1 atom stereocenters. The van der Waals surface area contributed by atoms with Gasteiger partial charge in [-0.2, -0.15) is 0 Å². The summed E-state index contributed by atoms with van der Waals surface area (Å²) in [6, 6.07) is 9.74. The average molecular weight is 469 g/mol. The van der Waals surface area contributed by atoms with E-state index in [1.807, 2.05) is 0 Å². The Hall–Kier alpha value is -2.13. The number of rotatable bonds is 7. The van der Waals surface area contributed by atoms with E-state index >= 15 is 0 Å². The Labute approximate surface area is 172 Å². The van der Waals surface area contributed by atoms with Gasteiger partial charge in [0.2, 0.25) is 11.8 Å². The number of hydrogen-bond donors (Lipinski definition) is 1. The van der Waals surface area contributed by atoms with Crippen LogP contribution in [0.1, 0.15) is 24.2 Å². The van der Waals surface area contributed by atoms with Crippen LogP contribution in [0, 0.1) is 0 Å². The standard InChI is InChI=1S/C19H21BrN2O5S/c20-15-7-5-14(6-8-15)12-28(25,26)13-18(23)22-9-1-4-17(22)19(24)21-11-16-3-2-10-27-16/h2-3,5-8,10,17H,1,4,9,11-13H2,(H,21,24). The van der Waals surface area contributed by atoms with Gasteiger partial charge in [-0.3, -0.25) is 9.59 Å². The number of hydrogen-bond acceptors (Lipinski definition) is 5. The number of carbonyl (C=O) groups is 2. The number of sulfone groups is 1. The van der Waals surface area contributed by atoms with E-state index in [1.165, 1.54) is 11.2 Å². The Morgan fingerprint density at radius 2 is 1.96 bits per heavy atom. The van der Waals surface area contributed by atoms with E-state index in [0.717, 1.165) is 4.47 Å². The summed E-state index contributed by atoms with van der Waals surface area (Å²) < 4.78 is 30.9. The van der Waals surface area contributed by atoms with Crippen LogP contribution < -0.4 is 5.32 Å². The van der Waals surface area contributed by atoms with Gasteiger partial charge in [-0.1, -0.05) is 28.1 Å². The maximum atomic E-state index is 12.6. The Morgan fingerprint density at radius 3 is 2.64 bits per heavy atom. The normalized spacial score (nSPS) is 16.9. The van der Waals surface area contributed by atoms with Crippen molar-refractivity contribution in [1.82, 2.24) is 10.2 Å². The summed E-state index contributed by atoms with van der Waals surface area (Å²) in [6.07, 6.45) is 2.70. The second kappa shape index (κ2) is 8.91. The Morgan fingerprint density at radius 1 is 1.21 bits per heavy atom. The van der Waals surface area contributed by atoms with E-state index in [0.29, 0.717) is 30.7 Å². The first-order valence-corrected chi connectivity index (χ1v) is 11.5. The third-order valence-corrected chi connectivity index (χ3v) is 6.52. The largest absolute Gasteiger partial charge is 0.467 e. The van der Waals surface area contributed by atoms with Gasteiger partial charge in [0.25, 0.3) is 0 Å². The molecule has 1 unspecified atom stereocenters. The molecule has 0 spiro atoms. The van der Waals surface area contributed by atoms with Crippen LogP contribution in [0.4, 0.5) is 0 Å². The monoisotopic (exact) mass is 468 g/mol. The van der Waals surface area contributed by atoms with Crippen LogP contribution in [0.15, 0.2) is 51.6 Å². The summed E-state index contributed by atoms with van der Waals surface area (Å²) in [7, 11) is -3.63. The van der Waals surface area contributed by atoms with Gasteiger partial charge in [0.15, 0.2) is 9.84 Å². The van der Waals surface area contributed by atoms with Crippen LogP contribution in [0.2, 0.25) is 0 Å². The Kier molecular flexibility index (Phi) is 6.56. The number of carbonyl (C=O) groups excluding carboxylic acids is 2. The fraction of sp³-hybridized carbons (Fsp3) is 0.368. The van der Waals surface area contributed by atoms with Crippen molar-refractivity contribution in [2.75, 3.05) is 12.3 Å². The molecule has 1 aliphatic rings. The number of nitrogens with zero attached hydrogens (tertiary/aromatic N) is 1. The van der Waals surface area contributed by atoms with Gasteiger partial charge in [0, 0.05) is 11.0 Å². The van der Waals surface area contributed by atoms with Crippen LogP contribution in [0.25, 0.3) is 0 Å². The highest BCUT2D eigenvalue weighted by Gasteiger charge is 2.35. The van der Waals surface area contributed by atoms with E-state index in [2.05, 4.69) is 21.2 Å². The molecular formula is C19H21BrN2O5S. The van der Waals surface area contributed by atoms with Crippen LogP contribution in [-0.4, -0.2) is 43.5 Å². The minimum atomic E-state index is -3.63. The lowest BCUT2D eigenvalue weighted by atomic mass is 10.2. The first-order valence-electron chi connectivity index (χ1n) is 8.88. The number of amides is 2. The van der Waals surface area contributed by atoms with Crippen molar-refractivity contribution >= 4 is 37.6 Å². The zero-order valence-corrected chi connectivity index (χ0v) is 17.5. The fourth-order valence-corrected chi connectivity index (χ4v) is 4.81. The fourth-order valence-electron chi connectivity index (χ4n) is 3.20. The molecule has 0 saturated carbocycles. The van der Waals surface area contributed by atoms with Crippen molar-refractivity contribution in [2.45, 2.75) is 31.2 Å². The lowest BCUT2D eigenvalue weighted by Gasteiger charge is -2.23. The van der Waals surface area contributed by atoms with E-state index in [-0.39, 0.29) is 18.2 Å². The minimum absolute atomic E-state index is 0.213. The first kappa shape index (κ1) is 20.6. The van der Waals surface area contributed by atoms with Gasteiger partial charge >= 0.3 is 0 Å². The highest BCUT2D eigenvalue weighted by molar-refractivity contribution is 9.10. The first-order chi connectivity index (χ1) is 13.3. The predicted molar refractivity (Wildman–Crippen MR) is 107 cm³/mol. The SMILES string of the molecule is O=C(NCc1ccco1)C1CCCN1C(=O)CS(=O)(=O)Cc1ccc(Br)cc1. The molecule has 3 rings (SSSR count). The molecule has 1 N–H and O–H groups in total. The lowest BCUT2D eigenvalue weighted by molar-refractivity contribution is -0.136. The van der Waals surface area contributed by atoms with Crippen LogP contribution >= 0.6 is 15.9 Å². The van der Waals surface area contributed by atoms with Crippen molar-refractivity contribution in [3.63, 3.8) is 0 Å². The smallest absolute Gasteiger partial charge is 0.243 e. The molecule has 1 aromatic heterocycles. The van der Waals surface area contributed by atoms with Gasteiger partial charge in [-0.05, 0) is 42.7 Å². The van der Waals surface area contributed by atoms with Crippen molar-refractivity contribution in [2.24, 2.45) is 0 Å². The summed E-state index contributed by atoms with van der Waals surface area (Å²) in [5, 5.41) is 2.74. The lowest BCUT2D eigenvalue weighted by Crippen LogP contribution is -2.47. The van der Waals surface area contributed by atoms with Gasteiger partial charge in [0.05, 0.1) is 18.6 Å². The highest BCUT2D eigenvalue weighted by atomic mass is 79.9. The molecule has 28 heavy (non-hydrogen) atoms. The molecule has 2 amide bonds. The van der Waals surface area contributed by atoms with E-state index in [1.54, 1.807) is 36.4 Å². The maximum Gasteiger partial charge on any atom is 0.243 e. The van der Waals surface area contributed by atoms with Crippen molar-refractivity contribution < 1.29 is 22.4 Å². The van der Waals surface area contributed by atoms with Gasteiger partial charge in [-0.15, -0.1) is 0 Å². The number of nitrogens with one attached hydrogen (secondary N) is 1. The molecular weight excluding hydrogens is 448 g/mol. The average Bonchev–Trinajstić information content (AvgIpc) is 3.32. The predicted octanol–water partition coefficient (Wildman–Crippen LogP) is 2.26. The number of benzene rings is 1. The molecule has 2 aromatic rings. The van der Waals surface area contributed by atoms with E-state index < -0.39 is 27.5 Å². The van der Waals surface area contributed by atoms with Crippen molar-refractivity contribution in [1.29, 1.82) is 0 Å². The van der Waals surface area contributed by atoms with Crippen LogP contribution in [0.3, 0.4) is 0 Å². The summed E-state index contributed by atoms with van der Waals surface area (Å²) in [4.78, 5) is 26.4. The molecule has 150 valence electrons. The zero-order valence-electron chi connectivity index (χ0n) is 15.1. The molecule has 1 aromatic carbocycles. The Balaban J connectivity index is 1.58. The minimum Gasteiger partial charge on any atom is -0.467 e. The number of furan rings is 1. The van der Waals surface area contributed by atoms with Crippen LogP contribution in [-0.2, 0) is 31.7 Å². The molecule has 7 nitrogen and oxygen atoms in total. The summed E-state index contributed by atoms with van der Waals surface area (Å²) in [5.74, 6) is -1.04. The molecule has 0 aliphatic carbocycles. The van der Waals surface area contributed by atoms with Gasteiger partial charge in [-0.25, -0.2) is 8.42 Å². The third kappa shape index (κ3) is 5.45. The zero-order chi connectivity index (χ0) is 20.1. The molecule has 9 heteroatoms. The molecule has 0 radical (unpaired) electrons. The van der Waals surface area contributed by atoms with Gasteiger partial charge < -0.3 is 14.6 Å². The molecule has 1 fully saturated rings. The molecule has 1 saturated heterocycles. The van der Waals surface area contributed by atoms with Gasteiger partial charge in [0.1, 0.15) is 17.6 Å². The number of likely N-dealkylation sites (tertiary alicyclic amines) is 1. The summed E-state index contributed by atoms with van der Waals surface area (Å²) in [5.41, 5.74) is 0.616. The maximum absolute atomic E-state index is 12.6. The molecule has 2 heterocycles. The summed E-state index contributed by atoms with van der Waals surface area (Å²) >= 11 is 3.30. The summed E-state index contributed by atoms with van der Waals surface area (Å²) in [6.45, 7) is 0.609. The van der Waals surface area contributed by atoms with Crippen molar-refractivity contribution in [3.05, 3.63) is 58.5 Å². The Bertz CT molecular complexity index is 926. The van der Waals surface area contributed by atoms with E-state index in [4.69, 9.17) is 4.42 Å². The highest BCUT2D eigenvalue weighted by Crippen LogP contribution is 2.19. The topological polar surface area (TPSA) is 96.7 Å². The molecule has 1 aliphatic heterocycles.